The smallest absolute Gasteiger partial charge is 0.251 e. The number of nitrogens with zero attached hydrogens (tertiary/aromatic N) is 1. The summed E-state index contributed by atoms with van der Waals surface area (Å²) in [7, 11) is 1.69. The van der Waals surface area contributed by atoms with Gasteiger partial charge in [0, 0.05) is 38.2 Å². The van der Waals surface area contributed by atoms with Crippen LogP contribution in [0.2, 0.25) is 0 Å². The molecule has 1 heterocycles. The molecule has 1 aromatic carbocycles. The summed E-state index contributed by atoms with van der Waals surface area (Å²) in [6.07, 6.45) is 4.90. The summed E-state index contributed by atoms with van der Waals surface area (Å²) in [6, 6.07) is 8.02. The quantitative estimate of drug-likeness (QED) is 0.844. The van der Waals surface area contributed by atoms with E-state index in [1.54, 1.807) is 7.05 Å². The summed E-state index contributed by atoms with van der Waals surface area (Å²) in [5, 5.41) is 13.3. The van der Waals surface area contributed by atoms with Crippen molar-refractivity contribution in [2.75, 3.05) is 26.7 Å². The third-order valence-corrected chi connectivity index (χ3v) is 5.81. The van der Waals surface area contributed by atoms with Crippen LogP contribution in [0.25, 0.3) is 0 Å². The van der Waals surface area contributed by atoms with E-state index in [9.17, 15) is 9.90 Å². The van der Waals surface area contributed by atoms with Crippen LogP contribution < -0.4 is 5.32 Å². The molecular weight excluding hydrogens is 288 g/mol. The summed E-state index contributed by atoms with van der Waals surface area (Å²) in [5.41, 5.74) is 1.56. The number of aliphatic hydroxyl groups is 1. The Balaban J connectivity index is 1.50. The Morgan fingerprint density at radius 2 is 2.00 bits per heavy atom. The summed E-state index contributed by atoms with van der Waals surface area (Å²) in [5.74, 6) is 1.64. The average Bonchev–Trinajstić information content (AvgIpc) is 3.39. The minimum Gasteiger partial charge on any atom is -0.387 e. The standard InChI is InChI=1S/C19H26N2O2/c1-20-18(22)16-5-3-2-4-15(16)17(13-6-7-13)10-21-11-19(23,12-21)14-8-9-14/h2-5,13-14,17,23H,6-12H2,1H3,(H,20,22). The molecule has 2 N–H and O–H groups in total. The maximum absolute atomic E-state index is 12.2. The van der Waals surface area contributed by atoms with Crippen LogP contribution in [0.5, 0.6) is 0 Å². The highest BCUT2D eigenvalue weighted by atomic mass is 16.3. The lowest BCUT2D eigenvalue weighted by Crippen LogP contribution is -2.63. The van der Waals surface area contributed by atoms with E-state index in [0.29, 0.717) is 17.8 Å². The molecule has 0 bridgehead atoms. The molecule has 1 unspecified atom stereocenters. The van der Waals surface area contributed by atoms with Gasteiger partial charge in [-0.25, -0.2) is 0 Å². The molecule has 2 aliphatic carbocycles. The molecule has 2 saturated carbocycles. The molecule has 4 rings (SSSR count). The van der Waals surface area contributed by atoms with Crippen molar-refractivity contribution in [3.63, 3.8) is 0 Å². The number of hydrogen-bond acceptors (Lipinski definition) is 3. The number of β-amino-alcohol motifs (C(OH)–C–C–N with tert-alkyl or cyclic N) is 1. The van der Waals surface area contributed by atoms with Gasteiger partial charge >= 0.3 is 0 Å². The lowest BCUT2D eigenvalue weighted by Gasteiger charge is -2.48. The van der Waals surface area contributed by atoms with E-state index in [4.69, 9.17) is 0 Å². The summed E-state index contributed by atoms with van der Waals surface area (Å²) >= 11 is 0. The number of nitrogens with one attached hydrogen (secondary N) is 1. The minimum absolute atomic E-state index is 0.00402. The van der Waals surface area contributed by atoms with Crippen molar-refractivity contribution in [1.82, 2.24) is 10.2 Å². The lowest BCUT2D eigenvalue weighted by molar-refractivity contribution is -0.115. The van der Waals surface area contributed by atoms with Crippen molar-refractivity contribution in [2.45, 2.75) is 37.2 Å². The second kappa shape index (κ2) is 5.60. The van der Waals surface area contributed by atoms with E-state index in [1.165, 1.54) is 31.2 Å². The molecule has 0 radical (unpaired) electrons. The van der Waals surface area contributed by atoms with E-state index in [-0.39, 0.29) is 5.91 Å². The van der Waals surface area contributed by atoms with Crippen molar-refractivity contribution in [3.8, 4) is 0 Å². The van der Waals surface area contributed by atoms with Crippen LogP contribution in [0.4, 0.5) is 0 Å². The molecule has 1 atom stereocenters. The maximum atomic E-state index is 12.2. The van der Waals surface area contributed by atoms with Gasteiger partial charge in [0.15, 0.2) is 0 Å². The first-order chi connectivity index (χ1) is 11.1. The topological polar surface area (TPSA) is 52.6 Å². The van der Waals surface area contributed by atoms with Gasteiger partial charge in [-0.2, -0.15) is 0 Å². The number of likely N-dealkylation sites (tertiary alicyclic amines) is 1. The van der Waals surface area contributed by atoms with Gasteiger partial charge in [0.2, 0.25) is 0 Å². The molecule has 1 aromatic rings. The van der Waals surface area contributed by atoms with Crippen LogP contribution in [0.3, 0.4) is 0 Å². The van der Waals surface area contributed by atoms with Crippen LogP contribution in [0.15, 0.2) is 24.3 Å². The van der Waals surface area contributed by atoms with Gasteiger partial charge in [0.25, 0.3) is 5.91 Å². The number of carbonyl (C=O) groups excluding carboxylic acids is 1. The monoisotopic (exact) mass is 314 g/mol. The van der Waals surface area contributed by atoms with Gasteiger partial charge in [-0.3, -0.25) is 9.69 Å². The van der Waals surface area contributed by atoms with Gasteiger partial charge in [-0.1, -0.05) is 18.2 Å². The van der Waals surface area contributed by atoms with Crippen LogP contribution in [-0.2, 0) is 0 Å². The Labute approximate surface area is 137 Å². The van der Waals surface area contributed by atoms with Crippen molar-refractivity contribution in [1.29, 1.82) is 0 Å². The van der Waals surface area contributed by atoms with E-state index >= 15 is 0 Å². The molecule has 1 saturated heterocycles. The number of rotatable bonds is 6. The zero-order valence-electron chi connectivity index (χ0n) is 13.8. The van der Waals surface area contributed by atoms with Crippen LogP contribution in [0.1, 0.15) is 47.5 Å². The van der Waals surface area contributed by atoms with Crippen molar-refractivity contribution >= 4 is 5.91 Å². The SMILES string of the molecule is CNC(=O)c1ccccc1C(CN1CC(O)(C2CC2)C1)C1CC1. The first-order valence-electron chi connectivity index (χ1n) is 8.86. The summed E-state index contributed by atoms with van der Waals surface area (Å²) < 4.78 is 0. The molecule has 4 heteroatoms. The first-order valence-corrected chi connectivity index (χ1v) is 8.86. The van der Waals surface area contributed by atoms with Gasteiger partial charge in [-0.15, -0.1) is 0 Å². The Hall–Kier alpha value is -1.39. The molecule has 3 fully saturated rings. The van der Waals surface area contributed by atoms with Gasteiger partial charge < -0.3 is 10.4 Å². The lowest BCUT2D eigenvalue weighted by atomic mass is 9.84. The molecule has 3 aliphatic rings. The molecule has 23 heavy (non-hydrogen) atoms. The Morgan fingerprint density at radius 3 is 2.61 bits per heavy atom. The summed E-state index contributed by atoms with van der Waals surface area (Å²) in [4.78, 5) is 14.6. The van der Waals surface area contributed by atoms with Crippen molar-refractivity contribution in [3.05, 3.63) is 35.4 Å². The fraction of sp³-hybridized carbons (Fsp3) is 0.632. The normalized spacial score (nSPS) is 24.8. The highest BCUT2D eigenvalue weighted by Crippen LogP contribution is 2.48. The first kappa shape index (κ1) is 15.2. The molecule has 0 aromatic heterocycles. The average molecular weight is 314 g/mol. The van der Waals surface area contributed by atoms with Crippen LogP contribution in [-0.4, -0.2) is 48.2 Å². The van der Waals surface area contributed by atoms with Crippen molar-refractivity contribution < 1.29 is 9.90 Å². The Bertz CT molecular complexity index is 601. The van der Waals surface area contributed by atoms with E-state index < -0.39 is 5.60 Å². The number of carbonyl (C=O) groups is 1. The van der Waals surface area contributed by atoms with E-state index in [2.05, 4.69) is 16.3 Å². The molecule has 1 amide bonds. The zero-order chi connectivity index (χ0) is 16.0. The highest BCUT2D eigenvalue weighted by Gasteiger charge is 2.52. The predicted molar refractivity (Wildman–Crippen MR) is 89.4 cm³/mol. The van der Waals surface area contributed by atoms with E-state index in [0.717, 1.165) is 25.2 Å². The number of amides is 1. The molecular formula is C19H26N2O2. The Morgan fingerprint density at radius 1 is 1.30 bits per heavy atom. The predicted octanol–water partition coefficient (Wildman–Crippen LogP) is 2.00. The van der Waals surface area contributed by atoms with Gasteiger partial charge in [0.1, 0.15) is 0 Å². The maximum Gasteiger partial charge on any atom is 0.251 e. The fourth-order valence-electron chi connectivity index (χ4n) is 4.18. The van der Waals surface area contributed by atoms with Crippen LogP contribution in [0, 0.1) is 11.8 Å². The van der Waals surface area contributed by atoms with Gasteiger partial charge in [0.05, 0.1) is 5.60 Å². The highest BCUT2D eigenvalue weighted by molar-refractivity contribution is 5.95. The van der Waals surface area contributed by atoms with Crippen molar-refractivity contribution in [2.24, 2.45) is 11.8 Å². The summed E-state index contributed by atoms with van der Waals surface area (Å²) in [6.45, 7) is 2.58. The molecule has 0 spiro atoms. The fourth-order valence-corrected chi connectivity index (χ4v) is 4.18. The molecule has 4 nitrogen and oxygen atoms in total. The third-order valence-electron chi connectivity index (χ3n) is 5.81. The van der Waals surface area contributed by atoms with E-state index in [1.807, 2.05) is 18.2 Å². The number of hydrogen-bond donors (Lipinski definition) is 2. The zero-order valence-corrected chi connectivity index (χ0v) is 13.8. The molecule has 1 aliphatic heterocycles. The largest absolute Gasteiger partial charge is 0.387 e. The third kappa shape index (κ3) is 2.90. The Kier molecular flexibility index (Phi) is 3.69. The minimum atomic E-state index is -0.422. The second-order valence-electron chi connectivity index (χ2n) is 7.66. The molecule has 124 valence electrons. The number of benzene rings is 1. The second-order valence-corrected chi connectivity index (χ2v) is 7.66. The van der Waals surface area contributed by atoms with Crippen LogP contribution >= 0.6 is 0 Å². The van der Waals surface area contributed by atoms with Gasteiger partial charge in [-0.05, 0) is 49.1 Å².